The van der Waals surface area contributed by atoms with Crippen LogP contribution in [0.4, 0.5) is 5.69 Å². The number of ether oxygens (including phenoxy) is 2. The number of hydrogen-bond donors (Lipinski definition) is 1. The van der Waals surface area contributed by atoms with Gasteiger partial charge in [-0.1, -0.05) is 23.7 Å². The van der Waals surface area contributed by atoms with Crippen molar-refractivity contribution in [2.75, 3.05) is 19.0 Å². The molecule has 104 valence electrons. The third kappa shape index (κ3) is 2.49. The van der Waals surface area contributed by atoms with Crippen LogP contribution in [0, 0.1) is 0 Å². The van der Waals surface area contributed by atoms with E-state index >= 15 is 0 Å². The van der Waals surface area contributed by atoms with E-state index in [9.17, 15) is 0 Å². The molecular formula is C14H14ClN3O2. The highest BCUT2D eigenvalue weighted by atomic mass is 35.5. The van der Waals surface area contributed by atoms with Crippen LogP contribution in [0.15, 0.2) is 24.4 Å². The summed E-state index contributed by atoms with van der Waals surface area (Å²) in [6, 6.07) is 6.17. The fourth-order valence-corrected chi connectivity index (χ4v) is 2.30. The summed E-state index contributed by atoms with van der Waals surface area (Å²) in [5.41, 5.74) is 2.25. The number of hydrogen-bond acceptors (Lipinski definition) is 5. The molecule has 0 radical (unpaired) electrons. The summed E-state index contributed by atoms with van der Waals surface area (Å²) in [5.74, 6) is 1.00. The zero-order valence-corrected chi connectivity index (χ0v) is 11.8. The van der Waals surface area contributed by atoms with Crippen LogP contribution in [0.1, 0.15) is 12.0 Å². The number of nitrogens with one attached hydrogen (secondary N) is 1. The molecule has 3 rings (SSSR count). The molecule has 0 saturated carbocycles. The average Bonchev–Trinajstić information content (AvgIpc) is 2.50. The van der Waals surface area contributed by atoms with Crippen molar-refractivity contribution >= 4 is 17.3 Å². The largest absolute Gasteiger partial charge is 0.467 e. The minimum Gasteiger partial charge on any atom is -0.467 e. The van der Waals surface area contributed by atoms with Crippen LogP contribution in [0.25, 0.3) is 0 Å². The Morgan fingerprint density at radius 3 is 3.10 bits per heavy atom. The van der Waals surface area contributed by atoms with Crippen molar-refractivity contribution in [3.05, 3.63) is 35.0 Å². The Morgan fingerprint density at radius 2 is 2.25 bits per heavy atom. The number of fused-ring (bicyclic) bond motifs is 1. The van der Waals surface area contributed by atoms with Crippen LogP contribution in [0.2, 0.25) is 5.02 Å². The summed E-state index contributed by atoms with van der Waals surface area (Å²) in [6.45, 7) is 0.939. The molecule has 0 bridgehead atoms. The third-order valence-corrected chi connectivity index (χ3v) is 3.38. The van der Waals surface area contributed by atoms with E-state index < -0.39 is 0 Å². The van der Waals surface area contributed by atoms with E-state index in [1.165, 1.54) is 18.9 Å². The SMILES string of the molecule is COc1ncc(Cl)c(Oc2cccc3c2NCCC3)n1. The molecule has 1 aromatic carbocycles. The first-order valence-electron chi connectivity index (χ1n) is 6.38. The minimum absolute atomic E-state index is 0.224. The van der Waals surface area contributed by atoms with Crippen molar-refractivity contribution in [2.45, 2.75) is 12.8 Å². The Morgan fingerprint density at radius 1 is 1.35 bits per heavy atom. The van der Waals surface area contributed by atoms with E-state index in [0.717, 1.165) is 25.1 Å². The van der Waals surface area contributed by atoms with Gasteiger partial charge in [-0.2, -0.15) is 4.98 Å². The van der Waals surface area contributed by atoms with E-state index in [1.54, 1.807) is 0 Å². The van der Waals surface area contributed by atoms with Gasteiger partial charge in [0, 0.05) is 6.54 Å². The lowest BCUT2D eigenvalue weighted by Crippen LogP contribution is -2.12. The molecule has 2 heterocycles. The monoisotopic (exact) mass is 291 g/mol. The molecule has 0 aliphatic carbocycles. The number of aryl methyl sites for hydroxylation is 1. The highest BCUT2D eigenvalue weighted by molar-refractivity contribution is 6.31. The molecule has 5 nitrogen and oxygen atoms in total. The van der Waals surface area contributed by atoms with E-state index in [0.29, 0.717) is 16.7 Å². The van der Waals surface area contributed by atoms with E-state index in [-0.39, 0.29) is 6.01 Å². The molecule has 0 amide bonds. The van der Waals surface area contributed by atoms with E-state index in [4.69, 9.17) is 21.1 Å². The summed E-state index contributed by atoms with van der Waals surface area (Å²) in [7, 11) is 1.50. The molecule has 20 heavy (non-hydrogen) atoms. The highest BCUT2D eigenvalue weighted by Crippen LogP contribution is 2.36. The number of methoxy groups -OCH3 is 1. The van der Waals surface area contributed by atoms with Gasteiger partial charge in [0.1, 0.15) is 5.02 Å². The van der Waals surface area contributed by atoms with Gasteiger partial charge in [-0.05, 0) is 24.5 Å². The fourth-order valence-electron chi connectivity index (χ4n) is 2.17. The van der Waals surface area contributed by atoms with Gasteiger partial charge in [0.05, 0.1) is 19.0 Å². The number of aromatic nitrogens is 2. The number of anilines is 1. The average molecular weight is 292 g/mol. The van der Waals surface area contributed by atoms with Gasteiger partial charge in [0.25, 0.3) is 0 Å². The predicted molar refractivity (Wildman–Crippen MR) is 76.9 cm³/mol. The molecule has 0 spiro atoms. The maximum absolute atomic E-state index is 6.06. The lowest BCUT2D eigenvalue weighted by molar-refractivity contribution is 0.366. The number of rotatable bonds is 3. The normalized spacial score (nSPS) is 13.3. The predicted octanol–water partition coefficient (Wildman–Crippen LogP) is 3.29. The molecule has 1 aromatic heterocycles. The van der Waals surface area contributed by atoms with E-state index in [2.05, 4.69) is 21.4 Å². The van der Waals surface area contributed by atoms with Crippen LogP contribution in [0.3, 0.4) is 0 Å². The van der Waals surface area contributed by atoms with E-state index in [1.807, 2.05) is 12.1 Å². The van der Waals surface area contributed by atoms with Crippen molar-refractivity contribution in [1.82, 2.24) is 9.97 Å². The third-order valence-electron chi connectivity index (χ3n) is 3.12. The Bertz CT molecular complexity index is 634. The highest BCUT2D eigenvalue weighted by Gasteiger charge is 2.16. The molecular weight excluding hydrogens is 278 g/mol. The lowest BCUT2D eigenvalue weighted by Gasteiger charge is -2.20. The summed E-state index contributed by atoms with van der Waals surface area (Å²) in [5, 5.41) is 3.70. The standard InChI is InChI=1S/C14H14ClN3O2/c1-19-14-17-8-10(15)13(18-14)20-11-6-2-4-9-5-3-7-16-12(9)11/h2,4,6,8,16H,3,5,7H2,1H3. The number of halogens is 1. The zero-order chi connectivity index (χ0) is 13.9. The number of para-hydroxylation sites is 1. The molecule has 0 fully saturated rings. The van der Waals surface area contributed by atoms with Crippen molar-refractivity contribution in [1.29, 1.82) is 0 Å². The number of nitrogens with zero attached hydrogens (tertiary/aromatic N) is 2. The second kappa shape index (κ2) is 5.54. The van der Waals surface area contributed by atoms with Gasteiger partial charge < -0.3 is 14.8 Å². The van der Waals surface area contributed by atoms with Crippen molar-refractivity contribution in [2.24, 2.45) is 0 Å². The summed E-state index contributed by atoms with van der Waals surface area (Å²) in [6.07, 6.45) is 3.63. The minimum atomic E-state index is 0.224. The van der Waals surface area contributed by atoms with Crippen LogP contribution >= 0.6 is 11.6 Å². The van der Waals surface area contributed by atoms with Gasteiger partial charge >= 0.3 is 6.01 Å². The Hall–Kier alpha value is -2.01. The molecule has 1 aliphatic heterocycles. The van der Waals surface area contributed by atoms with Gasteiger partial charge in [-0.15, -0.1) is 0 Å². The first-order valence-corrected chi connectivity index (χ1v) is 6.76. The van der Waals surface area contributed by atoms with Crippen LogP contribution in [-0.4, -0.2) is 23.6 Å². The first kappa shape index (κ1) is 13.0. The summed E-state index contributed by atoms with van der Waals surface area (Å²) < 4.78 is 10.8. The second-order valence-corrected chi connectivity index (χ2v) is 4.84. The van der Waals surface area contributed by atoms with Gasteiger partial charge in [-0.3, -0.25) is 0 Å². The van der Waals surface area contributed by atoms with Crippen molar-refractivity contribution in [3.8, 4) is 17.6 Å². The molecule has 2 aromatic rings. The first-order chi connectivity index (χ1) is 9.78. The topological polar surface area (TPSA) is 56.3 Å². The summed E-state index contributed by atoms with van der Waals surface area (Å²) in [4.78, 5) is 8.05. The Labute approximate surface area is 121 Å². The maximum Gasteiger partial charge on any atom is 0.319 e. The molecule has 6 heteroatoms. The molecule has 1 aliphatic rings. The second-order valence-electron chi connectivity index (χ2n) is 4.43. The van der Waals surface area contributed by atoms with Crippen molar-refractivity contribution < 1.29 is 9.47 Å². The number of benzene rings is 1. The quantitative estimate of drug-likeness (QED) is 0.940. The molecule has 0 unspecified atom stereocenters. The van der Waals surface area contributed by atoms with Gasteiger partial charge in [0.2, 0.25) is 5.88 Å². The lowest BCUT2D eigenvalue weighted by atomic mass is 10.0. The van der Waals surface area contributed by atoms with Gasteiger partial charge in [-0.25, -0.2) is 4.98 Å². The van der Waals surface area contributed by atoms with Crippen LogP contribution in [0.5, 0.6) is 17.6 Å². The van der Waals surface area contributed by atoms with Gasteiger partial charge in [0.15, 0.2) is 5.75 Å². The van der Waals surface area contributed by atoms with Crippen LogP contribution in [-0.2, 0) is 6.42 Å². The molecule has 0 atom stereocenters. The fraction of sp³-hybridized carbons (Fsp3) is 0.286. The zero-order valence-electron chi connectivity index (χ0n) is 11.0. The smallest absolute Gasteiger partial charge is 0.319 e. The maximum atomic E-state index is 6.06. The van der Waals surface area contributed by atoms with Crippen LogP contribution < -0.4 is 14.8 Å². The van der Waals surface area contributed by atoms with Crippen molar-refractivity contribution in [3.63, 3.8) is 0 Å². The molecule has 1 N–H and O–H groups in total. The Balaban J connectivity index is 1.95. The summed E-state index contributed by atoms with van der Waals surface area (Å²) >= 11 is 6.06. The Kier molecular flexibility index (Phi) is 3.60. The molecule has 0 saturated heterocycles.